The zero-order chi connectivity index (χ0) is 16.2. The summed E-state index contributed by atoms with van der Waals surface area (Å²) in [6.07, 6.45) is -5.05. The van der Waals surface area contributed by atoms with E-state index >= 15 is 0 Å². The van der Waals surface area contributed by atoms with Gasteiger partial charge in [0.15, 0.2) is 6.23 Å². The Morgan fingerprint density at radius 1 is 1.36 bits per heavy atom. The Kier molecular flexibility index (Phi) is 3.53. The average Bonchev–Trinajstić information content (AvgIpc) is 2.96. The molecule has 0 saturated carbocycles. The van der Waals surface area contributed by atoms with Crippen LogP contribution in [0.1, 0.15) is 6.23 Å². The number of ether oxygens (including phenoxy) is 1. The molecule has 22 heavy (non-hydrogen) atoms. The molecule has 1 saturated heterocycles. The van der Waals surface area contributed by atoms with Crippen molar-refractivity contribution in [3.8, 4) is 0 Å². The molecule has 0 unspecified atom stereocenters. The smallest absolute Gasteiger partial charge is 0.311 e. The summed E-state index contributed by atoms with van der Waals surface area (Å²) in [6, 6.07) is 0. The first kappa shape index (κ1) is 15.1. The Balaban J connectivity index is 2.26. The molecule has 3 heterocycles. The van der Waals surface area contributed by atoms with Gasteiger partial charge in [-0.2, -0.15) is 4.98 Å². The molecule has 1 aliphatic heterocycles. The summed E-state index contributed by atoms with van der Waals surface area (Å²) in [4.78, 5) is 27.1. The van der Waals surface area contributed by atoms with Gasteiger partial charge in [-0.1, -0.05) is 11.3 Å². The van der Waals surface area contributed by atoms with Gasteiger partial charge in [-0.15, -0.1) is 0 Å². The third-order valence-corrected chi connectivity index (χ3v) is 4.59. The molecule has 120 valence electrons. The molecule has 0 amide bonds. The van der Waals surface area contributed by atoms with E-state index in [4.69, 9.17) is 15.6 Å². The van der Waals surface area contributed by atoms with Crippen LogP contribution in [-0.2, 0) is 11.8 Å². The van der Waals surface area contributed by atoms with Crippen molar-refractivity contribution in [2.75, 3.05) is 12.3 Å². The lowest BCUT2D eigenvalue weighted by molar-refractivity contribution is -0.0520. The average molecular weight is 330 g/mol. The van der Waals surface area contributed by atoms with Crippen molar-refractivity contribution in [1.82, 2.24) is 14.1 Å². The topological polar surface area (TPSA) is 153 Å². The lowest BCUT2D eigenvalue weighted by atomic mass is 10.1. The Bertz CT molecular complexity index is 841. The number of fused-ring (bicyclic) bond motifs is 1. The summed E-state index contributed by atoms with van der Waals surface area (Å²) in [7, 11) is 1.51. The second-order valence-electron chi connectivity index (χ2n) is 4.95. The fourth-order valence-corrected chi connectivity index (χ4v) is 3.41. The van der Waals surface area contributed by atoms with E-state index in [-0.39, 0.29) is 16.3 Å². The summed E-state index contributed by atoms with van der Waals surface area (Å²) < 4.78 is 7.78. The predicted octanol–water partition coefficient (Wildman–Crippen LogP) is -2.65. The third kappa shape index (κ3) is 1.98. The molecule has 10 nitrogen and oxygen atoms in total. The van der Waals surface area contributed by atoms with Crippen LogP contribution in [0.3, 0.4) is 0 Å². The molecular weight excluding hydrogens is 316 g/mol. The van der Waals surface area contributed by atoms with Crippen molar-refractivity contribution in [2.24, 2.45) is 7.05 Å². The van der Waals surface area contributed by atoms with Gasteiger partial charge in [-0.25, -0.2) is 0 Å². The zero-order valence-electron chi connectivity index (χ0n) is 11.4. The summed E-state index contributed by atoms with van der Waals surface area (Å²) in [5, 5.41) is 29.0. The second kappa shape index (κ2) is 5.14. The Labute approximate surface area is 126 Å². The molecule has 2 aromatic heterocycles. The molecular formula is C11H14N4O6S. The molecule has 0 bridgehead atoms. The maximum Gasteiger partial charge on any atom is 0.311 e. The molecule has 0 radical (unpaired) electrons. The van der Waals surface area contributed by atoms with Gasteiger partial charge in [0.05, 0.1) is 6.61 Å². The fraction of sp³-hybridized carbons (Fsp3) is 0.545. The van der Waals surface area contributed by atoms with E-state index in [1.54, 1.807) is 0 Å². The van der Waals surface area contributed by atoms with Gasteiger partial charge in [-0.3, -0.25) is 18.7 Å². The summed E-state index contributed by atoms with van der Waals surface area (Å²) in [5.41, 5.74) is 5.11. The van der Waals surface area contributed by atoms with E-state index < -0.39 is 41.6 Å². The van der Waals surface area contributed by atoms with E-state index in [0.29, 0.717) is 11.3 Å². The van der Waals surface area contributed by atoms with Gasteiger partial charge >= 0.3 is 4.87 Å². The number of anilines is 1. The lowest BCUT2D eigenvalue weighted by Crippen LogP contribution is -2.34. The van der Waals surface area contributed by atoms with Crippen LogP contribution in [0.4, 0.5) is 5.95 Å². The monoisotopic (exact) mass is 330 g/mol. The van der Waals surface area contributed by atoms with E-state index in [0.717, 1.165) is 4.57 Å². The number of aryl methyl sites for hydroxylation is 1. The van der Waals surface area contributed by atoms with Crippen LogP contribution in [-0.4, -0.2) is 54.4 Å². The molecule has 3 rings (SSSR count). The minimum Gasteiger partial charge on any atom is -0.394 e. The number of nitrogens with two attached hydrogens (primary N) is 1. The van der Waals surface area contributed by atoms with Crippen LogP contribution in [0.25, 0.3) is 10.3 Å². The Hall–Kier alpha value is -1.79. The van der Waals surface area contributed by atoms with Crippen LogP contribution in [0.2, 0.25) is 0 Å². The number of hydrogen-bond acceptors (Lipinski definition) is 9. The first-order valence-electron chi connectivity index (χ1n) is 6.36. The van der Waals surface area contributed by atoms with Gasteiger partial charge in [0.1, 0.15) is 28.7 Å². The van der Waals surface area contributed by atoms with Gasteiger partial charge < -0.3 is 25.8 Å². The van der Waals surface area contributed by atoms with Crippen molar-refractivity contribution in [2.45, 2.75) is 24.5 Å². The van der Waals surface area contributed by atoms with E-state index in [1.807, 2.05) is 0 Å². The minimum absolute atomic E-state index is 0.0689. The van der Waals surface area contributed by atoms with Crippen LogP contribution in [0, 0.1) is 0 Å². The number of aliphatic hydroxyl groups excluding tert-OH is 3. The molecule has 1 aliphatic rings. The molecule has 0 aliphatic carbocycles. The molecule has 11 heteroatoms. The number of aromatic nitrogens is 3. The number of rotatable bonds is 2. The second-order valence-corrected chi connectivity index (χ2v) is 5.92. The first-order valence-corrected chi connectivity index (χ1v) is 7.18. The van der Waals surface area contributed by atoms with Gasteiger partial charge in [0, 0.05) is 7.05 Å². The number of nitrogen functional groups attached to an aromatic ring is 1. The molecule has 0 aromatic carbocycles. The van der Waals surface area contributed by atoms with E-state index in [9.17, 15) is 19.8 Å². The highest BCUT2D eigenvalue weighted by Crippen LogP contribution is 2.31. The number of nitrogens with zero attached hydrogens (tertiary/aromatic N) is 3. The van der Waals surface area contributed by atoms with Crippen molar-refractivity contribution in [3.63, 3.8) is 0 Å². The van der Waals surface area contributed by atoms with Gasteiger partial charge in [-0.05, 0) is 0 Å². The molecule has 2 aromatic rings. The van der Waals surface area contributed by atoms with E-state index in [2.05, 4.69) is 4.98 Å². The summed E-state index contributed by atoms with van der Waals surface area (Å²) in [5.74, 6) is -0.101. The number of thiazole rings is 1. The summed E-state index contributed by atoms with van der Waals surface area (Å²) in [6.45, 7) is -0.520. The zero-order valence-corrected chi connectivity index (χ0v) is 12.2. The predicted molar refractivity (Wildman–Crippen MR) is 76.5 cm³/mol. The number of aliphatic hydroxyl groups is 3. The highest BCUT2D eigenvalue weighted by molar-refractivity contribution is 7.16. The highest BCUT2D eigenvalue weighted by Gasteiger charge is 2.44. The highest BCUT2D eigenvalue weighted by atomic mass is 32.1. The van der Waals surface area contributed by atoms with E-state index in [1.165, 1.54) is 11.6 Å². The third-order valence-electron chi connectivity index (χ3n) is 3.66. The maximum absolute atomic E-state index is 12.2. The normalized spacial score (nSPS) is 28.5. The van der Waals surface area contributed by atoms with Gasteiger partial charge in [0.2, 0.25) is 5.95 Å². The van der Waals surface area contributed by atoms with Crippen molar-refractivity contribution in [1.29, 1.82) is 0 Å². The largest absolute Gasteiger partial charge is 0.394 e. The van der Waals surface area contributed by atoms with Crippen LogP contribution in [0.15, 0.2) is 9.59 Å². The molecule has 0 spiro atoms. The van der Waals surface area contributed by atoms with Crippen LogP contribution in [0.5, 0.6) is 0 Å². The number of hydrogen-bond donors (Lipinski definition) is 4. The van der Waals surface area contributed by atoms with Crippen LogP contribution >= 0.6 is 11.3 Å². The first-order chi connectivity index (χ1) is 10.4. The standard InChI is InChI=1S/C11H14N4O6S/c1-14-8-6(7(19)13-10(14)12)22-11(20)15(8)9-5(18)4(17)3(2-16)21-9/h3-5,9,16-18H,2H2,1H3,(H2,12,13,19)/t3-,4-,5-,9-/m1/s1. The summed E-state index contributed by atoms with van der Waals surface area (Å²) >= 11 is 0.648. The van der Waals surface area contributed by atoms with Crippen molar-refractivity contribution >= 4 is 27.6 Å². The maximum atomic E-state index is 12.2. The fourth-order valence-electron chi connectivity index (χ4n) is 2.49. The van der Waals surface area contributed by atoms with Crippen molar-refractivity contribution < 1.29 is 20.1 Å². The lowest BCUT2D eigenvalue weighted by Gasteiger charge is -2.17. The Morgan fingerprint density at radius 3 is 2.64 bits per heavy atom. The van der Waals surface area contributed by atoms with Gasteiger partial charge in [0.25, 0.3) is 5.56 Å². The Morgan fingerprint density at radius 2 is 2.05 bits per heavy atom. The SMILES string of the molecule is Cn1c(N)nc(=O)c2sc(=O)n([C@@H]3O[C@H](CO)[C@@H](O)[C@H]3O)c21. The quantitative estimate of drug-likeness (QED) is 0.466. The minimum atomic E-state index is -1.43. The molecule has 1 fully saturated rings. The molecule has 5 N–H and O–H groups in total. The van der Waals surface area contributed by atoms with Crippen molar-refractivity contribution in [3.05, 3.63) is 20.0 Å². The molecule has 4 atom stereocenters. The van der Waals surface area contributed by atoms with Crippen LogP contribution < -0.4 is 16.2 Å².